The molecule has 0 saturated carbocycles. The number of rotatable bonds is 9. The molecule has 0 aromatic carbocycles. The van der Waals surface area contributed by atoms with E-state index < -0.39 is 45.9 Å². The Morgan fingerprint density at radius 2 is 1.71 bits per heavy atom. The van der Waals surface area contributed by atoms with Gasteiger partial charge >= 0.3 is 12.1 Å². The highest BCUT2D eigenvalue weighted by atomic mass is 32.2. The van der Waals surface area contributed by atoms with Crippen molar-refractivity contribution in [1.82, 2.24) is 4.72 Å². The summed E-state index contributed by atoms with van der Waals surface area (Å²) in [6, 6.07) is -2.19. The van der Waals surface area contributed by atoms with Gasteiger partial charge in [0.25, 0.3) is 0 Å². The SMILES string of the molecule is CCCCC[C@H](C(=O)OC(C)C)[C@H](N[S@@](=O)C(C)(C)C)C(F)(F)F. The number of halogens is 3. The molecule has 0 radical (unpaired) electrons. The minimum absolute atomic E-state index is 0.0396. The van der Waals surface area contributed by atoms with Gasteiger partial charge in [0.2, 0.25) is 0 Å². The highest BCUT2D eigenvalue weighted by molar-refractivity contribution is 7.84. The van der Waals surface area contributed by atoms with E-state index in [2.05, 4.69) is 4.72 Å². The van der Waals surface area contributed by atoms with Crippen LogP contribution >= 0.6 is 0 Å². The lowest BCUT2D eigenvalue weighted by Gasteiger charge is -2.31. The molecule has 0 spiro atoms. The number of esters is 1. The molecule has 0 bridgehead atoms. The van der Waals surface area contributed by atoms with Gasteiger partial charge in [0, 0.05) is 0 Å². The average molecular weight is 373 g/mol. The van der Waals surface area contributed by atoms with Crippen molar-refractivity contribution in [2.24, 2.45) is 5.92 Å². The van der Waals surface area contributed by atoms with Crippen LogP contribution in [0.1, 0.15) is 67.2 Å². The van der Waals surface area contributed by atoms with E-state index in [0.29, 0.717) is 6.42 Å². The predicted octanol–water partition coefficient (Wildman–Crippen LogP) is 4.12. The first-order valence-corrected chi connectivity index (χ1v) is 9.41. The maximum atomic E-state index is 13.5. The normalized spacial score (nSPS) is 16.8. The summed E-state index contributed by atoms with van der Waals surface area (Å²) in [5.74, 6) is -2.31. The molecule has 144 valence electrons. The zero-order valence-corrected chi connectivity index (χ0v) is 16.1. The third-order valence-electron chi connectivity index (χ3n) is 3.32. The number of hydrogen-bond acceptors (Lipinski definition) is 3. The van der Waals surface area contributed by atoms with Crippen LogP contribution in [0, 0.1) is 5.92 Å². The molecule has 3 atom stereocenters. The lowest BCUT2D eigenvalue weighted by molar-refractivity contribution is -0.181. The molecular weight excluding hydrogens is 343 g/mol. The van der Waals surface area contributed by atoms with E-state index in [1.54, 1.807) is 34.6 Å². The fraction of sp³-hybridized carbons (Fsp3) is 0.938. The van der Waals surface area contributed by atoms with Crippen LogP contribution in [0.4, 0.5) is 13.2 Å². The summed E-state index contributed by atoms with van der Waals surface area (Å²) < 4.78 is 59.0. The molecule has 0 aliphatic heterocycles. The van der Waals surface area contributed by atoms with Crippen molar-refractivity contribution < 1.29 is 26.9 Å². The standard InChI is InChI=1S/C16H30F3NO3S/c1-7-8-9-10-12(14(21)23-11(2)3)13(16(17,18)19)20-24(22)15(4,5)6/h11-13,20H,7-10H2,1-6H3/t12-,13-,24-/m0/s1. The lowest BCUT2D eigenvalue weighted by atomic mass is 9.93. The van der Waals surface area contributed by atoms with Crippen LogP contribution in [0.5, 0.6) is 0 Å². The van der Waals surface area contributed by atoms with E-state index in [0.717, 1.165) is 12.8 Å². The zero-order valence-electron chi connectivity index (χ0n) is 15.3. The summed E-state index contributed by atoms with van der Waals surface area (Å²) in [6.07, 6.45) is -3.15. The Morgan fingerprint density at radius 3 is 2.08 bits per heavy atom. The van der Waals surface area contributed by atoms with Crippen molar-refractivity contribution in [3.8, 4) is 0 Å². The number of carbonyl (C=O) groups is 1. The molecule has 0 amide bonds. The Balaban J connectivity index is 5.47. The van der Waals surface area contributed by atoms with Gasteiger partial charge in [-0.25, -0.2) is 8.93 Å². The maximum absolute atomic E-state index is 13.5. The van der Waals surface area contributed by atoms with Gasteiger partial charge in [-0.3, -0.25) is 4.79 Å². The van der Waals surface area contributed by atoms with Crippen LogP contribution in [-0.4, -0.2) is 33.2 Å². The zero-order chi connectivity index (χ0) is 19.1. The van der Waals surface area contributed by atoms with Crippen LogP contribution in [0.25, 0.3) is 0 Å². The first-order valence-electron chi connectivity index (χ1n) is 8.26. The molecule has 0 unspecified atom stereocenters. The van der Waals surface area contributed by atoms with Crippen molar-refractivity contribution in [3.63, 3.8) is 0 Å². The molecule has 0 fully saturated rings. The van der Waals surface area contributed by atoms with Crippen LogP contribution in [0.15, 0.2) is 0 Å². The maximum Gasteiger partial charge on any atom is 0.405 e. The first-order chi connectivity index (χ1) is 10.8. The van der Waals surface area contributed by atoms with Crippen molar-refractivity contribution in [1.29, 1.82) is 0 Å². The fourth-order valence-electron chi connectivity index (χ4n) is 2.02. The third kappa shape index (κ3) is 8.46. The largest absolute Gasteiger partial charge is 0.463 e. The van der Waals surface area contributed by atoms with Gasteiger partial charge in [-0.05, 0) is 41.0 Å². The molecular formula is C16H30F3NO3S. The van der Waals surface area contributed by atoms with Crippen LogP contribution in [-0.2, 0) is 20.5 Å². The monoisotopic (exact) mass is 373 g/mol. The second-order valence-corrected chi connectivity index (χ2v) is 9.10. The van der Waals surface area contributed by atoms with Gasteiger partial charge in [0.1, 0.15) is 6.04 Å². The molecule has 0 aliphatic carbocycles. The van der Waals surface area contributed by atoms with E-state index in [1.165, 1.54) is 0 Å². The summed E-state index contributed by atoms with van der Waals surface area (Å²) >= 11 is 0. The molecule has 24 heavy (non-hydrogen) atoms. The van der Waals surface area contributed by atoms with Gasteiger partial charge in [-0.2, -0.15) is 13.2 Å². The molecule has 0 aromatic heterocycles. The van der Waals surface area contributed by atoms with Gasteiger partial charge in [-0.15, -0.1) is 0 Å². The number of carbonyl (C=O) groups excluding carboxylic acids is 1. The van der Waals surface area contributed by atoms with Gasteiger partial charge in [0.15, 0.2) is 0 Å². The van der Waals surface area contributed by atoms with E-state index >= 15 is 0 Å². The van der Waals surface area contributed by atoms with E-state index in [1.807, 2.05) is 6.92 Å². The third-order valence-corrected chi connectivity index (χ3v) is 4.90. The highest BCUT2D eigenvalue weighted by Crippen LogP contribution is 2.31. The Kier molecular flexibility index (Phi) is 9.49. The van der Waals surface area contributed by atoms with Crippen LogP contribution in [0.3, 0.4) is 0 Å². The summed E-state index contributed by atoms with van der Waals surface area (Å²) in [7, 11) is -1.95. The molecule has 0 aliphatic rings. The number of alkyl halides is 3. The van der Waals surface area contributed by atoms with Gasteiger partial charge < -0.3 is 4.74 Å². The Bertz CT molecular complexity index is 420. The Labute approximate surface area is 145 Å². The second kappa shape index (κ2) is 9.75. The molecule has 0 aromatic rings. The number of hydrogen-bond donors (Lipinski definition) is 1. The topological polar surface area (TPSA) is 55.4 Å². The molecule has 0 saturated heterocycles. The number of ether oxygens (including phenoxy) is 1. The van der Waals surface area contributed by atoms with Crippen molar-refractivity contribution in [2.75, 3.05) is 0 Å². The Hall–Kier alpha value is -0.630. The van der Waals surface area contributed by atoms with Crippen molar-refractivity contribution in [2.45, 2.75) is 90.3 Å². The minimum Gasteiger partial charge on any atom is -0.463 e. The lowest BCUT2D eigenvalue weighted by Crippen LogP contribution is -2.53. The van der Waals surface area contributed by atoms with E-state index in [4.69, 9.17) is 4.74 Å². The Morgan fingerprint density at radius 1 is 1.17 bits per heavy atom. The van der Waals surface area contributed by atoms with Crippen molar-refractivity contribution >= 4 is 17.0 Å². The molecule has 0 heterocycles. The average Bonchev–Trinajstić information content (AvgIpc) is 2.38. The van der Waals surface area contributed by atoms with Crippen LogP contribution in [0.2, 0.25) is 0 Å². The minimum atomic E-state index is -4.70. The van der Waals surface area contributed by atoms with E-state index in [-0.39, 0.29) is 6.42 Å². The van der Waals surface area contributed by atoms with Gasteiger partial charge in [-0.1, -0.05) is 26.2 Å². The smallest absolute Gasteiger partial charge is 0.405 e. The summed E-state index contributed by atoms with van der Waals surface area (Å²) in [5.41, 5.74) is 0. The molecule has 0 rings (SSSR count). The summed E-state index contributed by atoms with van der Waals surface area (Å²) in [6.45, 7) is 9.82. The highest BCUT2D eigenvalue weighted by Gasteiger charge is 2.49. The van der Waals surface area contributed by atoms with Crippen LogP contribution < -0.4 is 4.72 Å². The molecule has 8 heteroatoms. The first kappa shape index (κ1) is 23.4. The second-order valence-electron chi connectivity index (χ2n) is 7.11. The molecule has 1 N–H and O–H groups in total. The molecule has 4 nitrogen and oxygen atoms in total. The quantitative estimate of drug-likeness (QED) is 0.489. The predicted molar refractivity (Wildman–Crippen MR) is 89.7 cm³/mol. The van der Waals surface area contributed by atoms with Crippen molar-refractivity contribution in [3.05, 3.63) is 0 Å². The summed E-state index contributed by atoms with van der Waals surface area (Å²) in [5, 5.41) is 0. The fourth-order valence-corrected chi connectivity index (χ4v) is 2.91. The van der Waals surface area contributed by atoms with Gasteiger partial charge in [0.05, 0.1) is 27.8 Å². The van der Waals surface area contributed by atoms with E-state index in [9.17, 15) is 22.2 Å². The summed E-state index contributed by atoms with van der Waals surface area (Å²) in [4.78, 5) is 12.2. The number of nitrogens with one attached hydrogen (secondary N) is 1. The number of unbranched alkanes of at least 4 members (excludes halogenated alkanes) is 2.